The van der Waals surface area contributed by atoms with Gasteiger partial charge in [0.25, 0.3) is 0 Å². The number of hydrogen-bond donors (Lipinski definition) is 0. The van der Waals surface area contributed by atoms with Crippen LogP contribution in [0.5, 0.6) is 5.75 Å². The number of aryl methyl sites for hydroxylation is 1. The SMILES string of the molecule is COc1ccc(-n2c(C)nnc2SCC(=O)N2CCN(Cc3ccc(Cl)cc3)CC2)cc1. The Labute approximate surface area is 197 Å². The third-order valence-corrected chi connectivity index (χ3v) is 6.66. The Kier molecular flexibility index (Phi) is 7.34. The fraction of sp³-hybridized carbons (Fsp3) is 0.348. The number of methoxy groups -OCH3 is 1. The molecule has 0 atom stereocenters. The van der Waals surface area contributed by atoms with E-state index < -0.39 is 0 Å². The first-order valence-electron chi connectivity index (χ1n) is 10.5. The maximum absolute atomic E-state index is 12.8. The van der Waals surface area contributed by atoms with Crippen LogP contribution in [0.4, 0.5) is 0 Å². The highest BCUT2D eigenvalue weighted by Crippen LogP contribution is 2.24. The molecule has 1 aliphatic rings. The van der Waals surface area contributed by atoms with Crippen LogP contribution < -0.4 is 4.74 Å². The van der Waals surface area contributed by atoms with Crippen LogP contribution in [0, 0.1) is 6.92 Å². The van der Waals surface area contributed by atoms with E-state index in [9.17, 15) is 4.79 Å². The highest BCUT2D eigenvalue weighted by Gasteiger charge is 2.22. The van der Waals surface area contributed by atoms with Crippen LogP contribution in [0.15, 0.2) is 53.7 Å². The lowest BCUT2D eigenvalue weighted by Crippen LogP contribution is -2.48. The molecule has 0 N–H and O–H groups in total. The molecule has 0 radical (unpaired) electrons. The number of ether oxygens (including phenoxy) is 1. The Balaban J connectivity index is 1.30. The fourth-order valence-corrected chi connectivity index (χ4v) is 4.71. The predicted octanol–water partition coefficient (Wildman–Crippen LogP) is 3.67. The molecule has 2 heterocycles. The molecule has 0 saturated carbocycles. The van der Waals surface area contributed by atoms with E-state index in [0.29, 0.717) is 10.9 Å². The molecule has 1 amide bonds. The largest absolute Gasteiger partial charge is 0.497 e. The van der Waals surface area contributed by atoms with Crippen molar-refractivity contribution >= 4 is 29.3 Å². The molecule has 4 rings (SSSR count). The molecule has 0 unspecified atom stereocenters. The van der Waals surface area contributed by atoms with E-state index in [-0.39, 0.29) is 5.91 Å². The topological polar surface area (TPSA) is 63.5 Å². The molecule has 32 heavy (non-hydrogen) atoms. The molecule has 7 nitrogen and oxygen atoms in total. The van der Waals surface area contributed by atoms with Gasteiger partial charge in [0.2, 0.25) is 5.91 Å². The quantitative estimate of drug-likeness (QED) is 0.490. The van der Waals surface area contributed by atoms with Gasteiger partial charge in [-0.3, -0.25) is 14.3 Å². The maximum atomic E-state index is 12.8. The Morgan fingerprint density at radius 3 is 2.38 bits per heavy atom. The van der Waals surface area contributed by atoms with Gasteiger partial charge in [0.05, 0.1) is 12.9 Å². The van der Waals surface area contributed by atoms with Gasteiger partial charge in [-0.1, -0.05) is 35.5 Å². The van der Waals surface area contributed by atoms with Crippen molar-refractivity contribution in [3.8, 4) is 11.4 Å². The molecule has 0 spiro atoms. The summed E-state index contributed by atoms with van der Waals surface area (Å²) in [4.78, 5) is 17.1. The first kappa shape index (κ1) is 22.6. The summed E-state index contributed by atoms with van der Waals surface area (Å²) in [6.45, 7) is 5.97. The molecule has 0 bridgehead atoms. The fourth-order valence-electron chi connectivity index (χ4n) is 3.69. The number of aromatic nitrogens is 3. The molecule has 2 aromatic carbocycles. The number of benzene rings is 2. The summed E-state index contributed by atoms with van der Waals surface area (Å²) in [6, 6.07) is 15.7. The molecule has 3 aromatic rings. The molecule has 9 heteroatoms. The van der Waals surface area contributed by atoms with Gasteiger partial charge in [-0.25, -0.2) is 0 Å². The van der Waals surface area contributed by atoms with Gasteiger partial charge in [0, 0.05) is 43.4 Å². The van der Waals surface area contributed by atoms with Crippen LogP contribution in [-0.4, -0.2) is 69.5 Å². The highest BCUT2D eigenvalue weighted by molar-refractivity contribution is 7.99. The van der Waals surface area contributed by atoms with Crippen LogP contribution in [0.2, 0.25) is 5.02 Å². The average molecular weight is 472 g/mol. The Bertz CT molecular complexity index is 1050. The highest BCUT2D eigenvalue weighted by atomic mass is 35.5. The van der Waals surface area contributed by atoms with Crippen molar-refractivity contribution in [1.82, 2.24) is 24.6 Å². The number of carbonyl (C=O) groups is 1. The van der Waals surface area contributed by atoms with Crippen LogP contribution in [-0.2, 0) is 11.3 Å². The van der Waals surface area contributed by atoms with Gasteiger partial charge in [-0.05, 0) is 48.9 Å². The first-order chi connectivity index (χ1) is 15.5. The van der Waals surface area contributed by atoms with Gasteiger partial charge in [-0.2, -0.15) is 0 Å². The van der Waals surface area contributed by atoms with E-state index in [2.05, 4.69) is 27.2 Å². The first-order valence-corrected chi connectivity index (χ1v) is 11.8. The van der Waals surface area contributed by atoms with Crippen molar-refractivity contribution in [3.05, 3.63) is 64.9 Å². The summed E-state index contributed by atoms with van der Waals surface area (Å²) >= 11 is 7.39. The van der Waals surface area contributed by atoms with Crippen LogP contribution >= 0.6 is 23.4 Å². The van der Waals surface area contributed by atoms with Crippen molar-refractivity contribution < 1.29 is 9.53 Å². The minimum atomic E-state index is 0.128. The van der Waals surface area contributed by atoms with Gasteiger partial charge < -0.3 is 9.64 Å². The molecule has 168 valence electrons. The van der Waals surface area contributed by atoms with Gasteiger partial charge in [0.1, 0.15) is 11.6 Å². The maximum Gasteiger partial charge on any atom is 0.233 e. The van der Waals surface area contributed by atoms with Crippen molar-refractivity contribution in [1.29, 1.82) is 0 Å². The zero-order valence-electron chi connectivity index (χ0n) is 18.2. The zero-order chi connectivity index (χ0) is 22.5. The Morgan fingerprint density at radius 1 is 1.03 bits per heavy atom. The minimum Gasteiger partial charge on any atom is -0.497 e. The Morgan fingerprint density at radius 2 is 1.72 bits per heavy atom. The molecule has 0 aliphatic carbocycles. The lowest BCUT2D eigenvalue weighted by molar-refractivity contribution is -0.130. The summed E-state index contributed by atoms with van der Waals surface area (Å²) in [5.41, 5.74) is 2.18. The van der Waals surface area contributed by atoms with Crippen LogP contribution in [0.25, 0.3) is 5.69 Å². The van der Waals surface area contributed by atoms with E-state index in [4.69, 9.17) is 16.3 Å². The van der Waals surface area contributed by atoms with E-state index in [1.54, 1.807) is 7.11 Å². The second kappa shape index (κ2) is 10.4. The second-order valence-corrected chi connectivity index (χ2v) is 9.01. The van der Waals surface area contributed by atoms with Crippen molar-refractivity contribution in [2.75, 3.05) is 39.0 Å². The van der Waals surface area contributed by atoms with Crippen molar-refractivity contribution in [3.63, 3.8) is 0 Å². The molecular formula is C23H26ClN5O2S. The summed E-state index contributed by atoms with van der Waals surface area (Å²) in [7, 11) is 1.64. The zero-order valence-corrected chi connectivity index (χ0v) is 19.8. The van der Waals surface area contributed by atoms with Crippen LogP contribution in [0.1, 0.15) is 11.4 Å². The molecule has 1 saturated heterocycles. The number of rotatable bonds is 7. The van der Waals surface area contributed by atoms with Gasteiger partial charge >= 0.3 is 0 Å². The van der Waals surface area contributed by atoms with Crippen LogP contribution in [0.3, 0.4) is 0 Å². The van der Waals surface area contributed by atoms with E-state index >= 15 is 0 Å². The summed E-state index contributed by atoms with van der Waals surface area (Å²) in [5, 5.41) is 9.94. The molecular weight excluding hydrogens is 446 g/mol. The average Bonchev–Trinajstić information content (AvgIpc) is 3.19. The number of hydrogen-bond acceptors (Lipinski definition) is 6. The van der Waals surface area contributed by atoms with E-state index in [0.717, 1.165) is 55.0 Å². The normalized spacial score (nSPS) is 14.5. The lowest BCUT2D eigenvalue weighted by atomic mass is 10.2. The van der Waals surface area contributed by atoms with Crippen molar-refractivity contribution in [2.45, 2.75) is 18.6 Å². The number of amides is 1. The third-order valence-electron chi connectivity index (χ3n) is 5.49. The van der Waals surface area contributed by atoms with E-state index in [1.165, 1.54) is 17.3 Å². The number of halogens is 1. The third kappa shape index (κ3) is 5.43. The summed E-state index contributed by atoms with van der Waals surface area (Å²) < 4.78 is 7.19. The van der Waals surface area contributed by atoms with E-state index in [1.807, 2.05) is 52.8 Å². The summed E-state index contributed by atoms with van der Waals surface area (Å²) in [5.74, 6) is 2.04. The molecule has 1 aliphatic heterocycles. The summed E-state index contributed by atoms with van der Waals surface area (Å²) in [6.07, 6.45) is 0. The van der Waals surface area contributed by atoms with Gasteiger partial charge in [0.15, 0.2) is 5.16 Å². The Hall–Kier alpha value is -2.55. The smallest absolute Gasteiger partial charge is 0.233 e. The minimum absolute atomic E-state index is 0.128. The number of thioether (sulfide) groups is 1. The second-order valence-electron chi connectivity index (χ2n) is 7.64. The lowest BCUT2D eigenvalue weighted by Gasteiger charge is -2.34. The number of piperazine rings is 1. The van der Waals surface area contributed by atoms with Crippen molar-refractivity contribution in [2.24, 2.45) is 0 Å². The van der Waals surface area contributed by atoms with Gasteiger partial charge in [-0.15, -0.1) is 10.2 Å². The number of carbonyl (C=O) groups excluding carboxylic acids is 1. The monoisotopic (exact) mass is 471 g/mol. The molecule has 1 aromatic heterocycles. The molecule has 1 fully saturated rings. The predicted molar refractivity (Wildman–Crippen MR) is 127 cm³/mol. The standard InChI is InChI=1S/C23H26ClN5O2S/c1-17-25-26-23(29(17)20-7-9-21(31-2)10-8-20)32-16-22(30)28-13-11-27(12-14-28)15-18-3-5-19(24)6-4-18/h3-10H,11-16H2,1-2H3. The number of nitrogens with zero attached hydrogens (tertiary/aromatic N) is 5.